The number of halogens is 1. The van der Waals surface area contributed by atoms with E-state index in [0.717, 1.165) is 6.07 Å². The van der Waals surface area contributed by atoms with Crippen molar-refractivity contribution < 1.29 is 28.2 Å². The summed E-state index contributed by atoms with van der Waals surface area (Å²) >= 11 is 0. The number of nitrogens with one attached hydrogen (secondary N) is 1. The zero-order valence-corrected chi connectivity index (χ0v) is 15.8. The summed E-state index contributed by atoms with van der Waals surface area (Å²) in [6.45, 7) is -0.928. The smallest absolute Gasteiger partial charge is 0.344 e. The highest BCUT2D eigenvalue weighted by Gasteiger charge is 2.11. The molecular weight excluding hydrogens is 389 g/mol. The van der Waals surface area contributed by atoms with Gasteiger partial charge in [0.2, 0.25) is 0 Å². The van der Waals surface area contributed by atoms with Gasteiger partial charge < -0.3 is 14.8 Å². The van der Waals surface area contributed by atoms with Gasteiger partial charge in [-0.15, -0.1) is 0 Å². The van der Waals surface area contributed by atoms with E-state index >= 15 is 0 Å². The second kappa shape index (κ2) is 9.97. The van der Waals surface area contributed by atoms with Crippen LogP contribution in [0.25, 0.3) is 0 Å². The summed E-state index contributed by atoms with van der Waals surface area (Å²) in [7, 11) is 0. The first kappa shape index (κ1) is 20.7. The van der Waals surface area contributed by atoms with Gasteiger partial charge in [0.15, 0.2) is 19.0 Å². The first-order valence-corrected chi connectivity index (χ1v) is 9.05. The fourth-order valence-electron chi connectivity index (χ4n) is 2.55. The first-order valence-electron chi connectivity index (χ1n) is 9.05. The quantitative estimate of drug-likeness (QED) is 0.456. The van der Waals surface area contributed by atoms with E-state index in [1.807, 2.05) is 6.07 Å². The molecule has 30 heavy (non-hydrogen) atoms. The van der Waals surface area contributed by atoms with Crippen LogP contribution < -0.4 is 10.1 Å². The lowest BCUT2D eigenvalue weighted by atomic mass is 10.0. The molecule has 3 aromatic rings. The van der Waals surface area contributed by atoms with E-state index in [9.17, 15) is 18.8 Å². The monoisotopic (exact) mass is 407 g/mol. The molecule has 1 amide bonds. The molecule has 3 rings (SSSR count). The summed E-state index contributed by atoms with van der Waals surface area (Å²) in [6, 6.07) is 20.6. The highest BCUT2D eigenvalue weighted by Crippen LogP contribution is 2.15. The van der Waals surface area contributed by atoms with E-state index in [2.05, 4.69) is 5.32 Å². The Hall–Kier alpha value is -4.00. The van der Waals surface area contributed by atoms with Crippen LogP contribution in [0, 0.1) is 5.82 Å². The minimum atomic E-state index is -0.742. The normalized spacial score (nSPS) is 10.2. The van der Waals surface area contributed by atoms with Gasteiger partial charge in [-0.05, 0) is 42.5 Å². The van der Waals surface area contributed by atoms with Crippen molar-refractivity contribution in [3.8, 4) is 5.75 Å². The molecule has 0 aliphatic heterocycles. The van der Waals surface area contributed by atoms with Gasteiger partial charge in [-0.3, -0.25) is 9.59 Å². The van der Waals surface area contributed by atoms with Gasteiger partial charge in [0, 0.05) is 16.8 Å². The van der Waals surface area contributed by atoms with Crippen LogP contribution in [0.2, 0.25) is 0 Å². The number of ether oxygens (including phenoxy) is 2. The third-order valence-corrected chi connectivity index (χ3v) is 3.98. The molecule has 152 valence electrons. The van der Waals surface area contributed by atoms with Gasteiger partial charge in [-0.2, -0.15) is 0 Å². The van der Waals surface area contributed by atoms with Crippen LogP contribution in [0.4, 0.5) is 10.1 Å². The van der Waals surface area contributed by atoms with Crippen LogP contribution >= 0.6 is 0 Å². The number of hydrogen-bond acceptors (Lipinski definition) is 5. The highest BCUT2D eigenvalue weighted by molar-refractivity contribution is 6.09. The van der Waals surface area contributed by atoms with Crippen molar-refractivity contribution in [2.75, 3.05) is 18.5 Å². The van der Waals surface area contributed by atoms with E-state index in [0.29, 0.717) is 16.9 Å². The predicted molar refractivity (Wildman–Crippen MR) is 108 cm³/mol. The SMILES string of the molecule is O=C(COC(=O)COc1ccc(C(=O)c2ccccc2)cc1)Nc1cccc(F)c1. The number of hydrogen-bond donors (Lipinski definition) is 1. The maximum atomic E-state index is 13.1. The Labute approximate surface area is 172 Å². The van der Waals surface area contributed by atoms with E-state index in [-0.39, 0.29) is 11.5 Å². The molecule has 0 fully saturated rings. The summed E-state index contributed by atoms with van der Waals surface area (Å²) in [4.78, 5) is 35.8. The highest BCUT2D eigenvalue weighted by atomic mass is 19.1. The molecule has 0 aliphatic carbocycles. The van der Waals surface area contributed by atoms with Gasteiger partial charge in [0.1, 0.15) is 11.6 Å². The van der Waals surface area contributed by atoms with Crippen molar-refractivity contribution >= 4 is 23.3 Å². The van der Waals surface area contributed by atoms with E-state index in [4.69, 9.17) is 9.47 Å². The molecule has 0 bridgehead atoms. The number of carbonyl (C=O) groups is 3. The standard InChI is InChI=1S/C23H18FNO5/c24-18-7-4-8-19(13-18)25-21(26)14-30-22(27)15-29-20-11-9-17(10-12-20)23(28)16-5-2-1-3-6-16/h1-13H,14-15H2,(H,25,26). The van der Waals surface area contributed by atoms with Crippen LogP contribution in [-0.2, 0) is 14.3 Å². The Bertz CT molecular complexity index is 1030. The molecule has 0 radical (unpaired) electrons. The number of rotatable bonds is 8. The third kappa shape index (κ3) is 6.00. The minimum absolute atomic E-state index is 0.120. The Morgan fingerprint density at radius 2 is 1.50 bits per heavy atom. The van der Waals surface area contributed by atoms with Crippen molar-refractivity contribution in [1.29, 1.82) is 0 Å². The van der Waals surface area contributed by atoms with Gasteiger partial charge >= 0.3 is 5.97 Å². The molecule has 7 heteroatoms. The topological polar surface area (TPSA) is 81.7 Å². The average Bonchev–Trinajstić information content (AvgIpc) is 2.77. The van der Waals surface area contributed by atoms with Crippen LogP contribution in [0.5, 0.6) is 5.75 Å². The number of carbonyl (C=O) groups excluding carboxylic acids is 3. The lowest BCUT2D eigenvalue weighted by Crippen LogP contribution is -2.23. The molecule has 0 aliphatic rings. The lowest BCUT2D eigenvalue weighted by molar-refractivity contribution is -0.149. The third-order valence-electron chi connectivity index (χ3n) is 3.98. The van der Waals surface area contributed by atoms with Gasteiger partial charge in [-0.1, -0.05) is 36.4 Å². The molecular formula is C23H18FNO5. The van der Waals surface area contributed by atoms with Crippen molar-refractivity contribution in [1.82, 2.24) is 0 Å². The predicted octanol–water partition coefficient (Wildman–Crippen LogP) is 3.62. The minimum Gasteiger partial charge on any atom is -0.482 e. The number of esters is 1. The molecule has 1 N–H and O–H groups in total. The fraction of sp³-hybridized carbons (Fsp3) is 0.0870. The summed E-state index contributed by atoms with van der Waals surface area (Å²) < 4.78 is 23.2. The van der Waals surface area contributed by atoms with Gasteiger partial charge in [-0.25, -0.2) is 9.18 Å². The first-order chi connectivity index (χ1) is 14.5. The maximum Gasteiger partial charge on any atom is 0.344 e. The molecule has 0 saturated heterocycles. The van der Waals surface area contributed by atoms with Crippen molar-refractivity contribution in [2.45, 2.75) is 0 Å². The Morgan fingerprint density at radius 3 is 2.20 bits per heavy atom. The number of anilines is 1. The van der Waals surface area contributed by atoms with Gasteiger partial charge in [0.05, 0.1) is 0 Å². The van der Waals surface area contributed by atoms with Crippen LogP contribution in [0.15, 0.2) is 78.9 Å². The number of amides is 1. The van der Waals surface area contributed by atoms with E-state index < -0.39 is 30.9 Å². The summed E-state index contributed by atoms with van der Waals surface area (Å²) in [5.41, 5.74) is 1.33. The molecule has 0 heterocycles. The zero-order chi connectivity index (χ0) is 21.3. The largest absolute Gasteiger partial charge is 0.482 e. The van der Waals surface area contributed by atoms with Crippen LogP contribution in [0.3, 0.4) is 0 Å². The summed E-state index contributed by atoms with van der Waals surface area (Å²) in [5.74, 6) is -1.58. The molecule has 0 atom stereocenters. The molecule has 0 unspecified atom stereocenters. The summed E-state index contributed by atoms with van der Waals surface area (Å²) in [6.07, 6.45) is 0. The Morgan fingerprint density at radius 1 is 0.800 bits per heavy atom. The molecule has 3 aromatic carbocycles. The number of benzene rings is 3. The Balaban J connectivity index is 1.43. The van der Waals surface area contributed by atoms with Crippen molar-refractivity contribution in [3.63, 3.8) is 0 Å². The van der Waals surface area contributed by atoms with Crippen LogP contribution in [0.1, 0.15) is 15.9 Å². The zero-order valence-electron chi connectivity index (χ0n) is 15.8. The van der Waals surface area contributed by atoms with Crippen molar-refractivity contribution in [3.05, 3.63) is 95.8 Å². The average molecular weight is 407 g/mol. The van der Waals surface area contributed by atoms with E-state index in [1.165, 1.54) is 18.2 Å². The van der Waals surface area contributed by atoms with Crippen LogP contribution in [-0.4, -0.2) is 30.9 Å². The molecule has 0 aromatic heterocycles. The molecule has 0 saturated carbocycles. The fourth-order valence-corrected chi connectivity index (χ4v) is 2.55. The maximum absolute atomic E-state index is 13.1. The molecule has 0 spiro atoms. The Kier molecular flexibility index (Phi) is 6.89. The van der Waals surface area contributed by atoms with Crippen molar-refractivity contribution in [2.24, 2.45) is 0 Å². The summed E-state index contributed by atoms with van der Waals surface area (Å²) in [5, 5.41) is 2.41. The lowest BCUT2D eigenvalue weighted by Gasteiger charge is -2.08. The molecule has 6 nitrogen and oxygen atoms in total. The van der Waals surface area contributed by atoms with Gasteiger partial charge in [0.25, 0.3) is 5.91 Å². The second-order valence-corrected chi connectivity index (χ2v) is 6.23. The van der Waals surface area contributed by atoms with E-state index in [1.54, 1.807) is 48.5 Å². The second-order valence-electron chi connectivity index (χ2n) is 6.23. The number of ketones is 1.